The molecule has 2 N–H and O–H groups in total. The second-order valence-corrected chi connectivity index (χ2v) is 7.93. The molecule has 0 saturated carbocycles. The van der Waals surface area contributed by atoms with Gasteiger partial charge in [0, 0.05) is 5.75 Å². The molecule has 0 aromatic heterocycles. The Labute approximate surface area is 180 Å². The molecule has 0 radical (unpaired) electrons. The van der Waals surface area contributed by atoms with E-state index in [0.29, 0.717) is 0 Å². The molecule has 1 atom stereocenters. The predicted molar refractivity (Wildman–Crippen MR) is 121 cm³/mol. The number of carbonyl (C=O) groups is 2. The van der Waals surface area contributed by atoms with Gasteiger partial charge in [-0.2, -0.15) is 0 Å². The lowest BCUT2D eigenvalue weighted by molar-refractivity contribution is -0.140. The molecule has 0 bridgehead atoms. The fourth-order valence-electron chi connectivity index (χ4n) is 3.38. The molecule has 0 saturated heterocycles. The van der Waals surface area contributed by atoms with Crippen LogP contribution < -0.4 is 5.32 Å². The molecule has 152 valence electrons. The van der Waals surface area contributed by atoms with Gasteiger partial charge >= 0.3 is 5.97 Å². The number of amides is 1. The van der Waals surface area contributed by atoms with Gasteiger partial charge in [0.1, 0.15) is 6.04 Å². The summed E-state index contributed by atoms with van der Waals surface area (Å²) >= 11 is 1.49. The summed E-state index contributed by atoms with van der Waals surface area (Å²) in [5.41, 5.74) is 3.10. The van der Waals surface area contributed by atoms with E-state index in [0.717, 1.165) is 22.8 Å². The zero-order valence-corrected chi connectivity index (χ0v) is 17.2. The maximum absolute atomic E-state index is 11.8. The minimum atomic E-state index is -1.08. The Morgan fingerprint density at radius 2 is 1.27 bits per heavy atom. The van der Waals surface area contributed by atoms with E-state index in [1.807, 2.05) is 91.0 Å². The summed E-state index contributed by atoms with van der Waals surface area (Å²) in [6, 6.07) is 29.0. The second-order valence-electron chi connectivity index (χ2n) is 6.69. The SMILES string of the molecule is C=CC(=O)N[C@@H](CSC(c1ccccc1)(c1ccccc1)c1ccccc1)C(=O)O. The van der Waals surface area contributed by atoms with Crippen molar-refractivity contribution in [2.45, 2.75) is 10.8 Å². The molecule has 0 heterocycles. The molecule has 0 aliphatic carbocycles. The molecule has 4 nitrogen and oxygen atoms in total. The summed E-state index contributed by atoms with van der Waals surface area (Å²) in [7, 11) is 0. The van der Waals surface area contributed by atoms with Crippen LogP contribution in [0.5, 0.6) is 0 Å². The summed E-state index contributed by atoms with van der Waals surface area (Å²) in [5, 5.41) is 12.2. The van der Waals surface area contributed by atoms with Crippen LogP contribution in [0.15, 0.2) is 104 Å². The van der Waals surface area contributed by atoms with Crippen LogP contribution in [0, 0.1) is 0 Å². The molecule has 3 rings (SSSR count). The molecule has 30 heavy (non-hydrogen) atoms. The quantitative estimate of drug-likeness (QED) is 0.398. The fourth-order valence-corrected chi connectivity index (χ4v) is 4.93. The lowest BCUT2D eigenvalue weighted by atomic mass is 9.84. The van der Waals surface area contributed by atoms with Gasteiger partial charge in [-0.1, -0.05) is 97.6 Å². The first-order valence-corrected chi connectivity index (χ1v) is 10.5. The van der Waals surface area contributed by atoms with E-state index in [1.165, 1.54) is 11.8 Å². The number of thioether (sulfide) groups is 1. The van der Waals surface area contributed by atoms with E-state index in [-0.39, 0.29) is 5.75 Å². The molecule has 0 unspecified atom stereocenters. The Bertz CT molecular complexity index is 894. The normalized spacial score (nSPS) is 12.0. The van der Waals surface area contributed by atoms with E-state index >= 15 is 0 Å². The van der Waals surface area contributed by atoms with Crippen LogP contribution in [0.1, 0.15) is 16.7 Å². The van der Waals surface area contributed by atoms with Crippen molar-refractivity contribution in [2.24, 2.45) is 0 Å². The largest absolute Gasteiger partial charge is 0.480 e. The highest BCUT2D eigenvalue weighted by Gasteiger charge is 2.38. The predicted octanol–water partition coefficient (Wildman–Crippen LogP) is 4.47. The fraction of sp³-hybridized carbons (Fsp3) is 0.120. The zero-order chi connectivity index (χ0) is 21.4. The van der Waals surface area contributed by atoms with Gasteiger partial charge < -0.3 is 10.4 Å². The molecule has 1 amide bonds. The second kappa shape index (κ2) is 9.94. The molecule has 0 aliphatic heterocycles. The highest BCUT2D eigenvalue weighted by molar-refractivity contribution is 8.00. The summed E-state index contributed by atoms with van der Waals surface area (Å²) in [5.74, 6) is -1.42. The minimum absolute atomic E-state index is 0.174. The number of aliphatic carboxylic acids is 1. The number of carboxylic acids is 1. The lowest BCUT2D eigenvalue weighted by Crippen LogP contribution is -2.43. The third-order valence-electron chi connectivity index (χ3n) is 4.81. The van der Waals surface area contributed by atoms with Crippen molar-refractivity contribution >= 4 is 23.6 Å². The molecular weight excluding hydrogens is 394 g/mol. The Kier molecular flexibility index (Phi) is 7.09. The Hall–Kier alpha value is -3.31. The van der Waals surface area contributed by atoms with Crippen molar-refractivity contribution in [2.75, 3.05) is 5.75 Å². The van der Waals surface area contributed by atoms with Gasteiger partial charge in [-0.05, 0) is 22.8 Å². The van der Waals surface area contributed by atoms with Crippen LogP contribution in [0.25, 0.3) is 0 Å². The van der Waals surface area contributed by atoms with Crippen LogP contribution in [0.3, 0.4) is 0 Å². The Balaban J connectivity index is 2.12. The first-order chi connectivity index (χ1) is 14.6. The van der Waals surface area contributed by atoms with Crippen molar-refractivity contribution in [1.82, 2.24) is 5.32 Å². The van der Waals surface area contributed by atoms with Gasteiger partial charge in [-0.3, -0.25) is 4.79 Å². The zero-order valence-electron chi connectivity index (χ0n) is 16.4. The molecule has 5 heteroatoms. The maximum Gasteiger partial charge on any atom is 0.327 e. The molecule has 0 fully saturated rings. The van der Waals surface area contributed by atoms with E-state index in [4.69, 9.17) is 0 Å². The number of hydrogen-bond acceptors (Lipinski definition) is 3. The van der Waals surface area contributed by atoms with Gasteiger partial charge in [-0.15, -0.1) is 11.8 Å². The first kappa shape index (κ1) is 21.4. The van der Waals surface area contributed by atoms with E-state index in [1.54, 1.807) is 0 Å². The average Bonchev–Trinajstić information content (AvgIpc) is 2.80. The van der Waals surface area contributed by atoms with Crippen LogP contribution in [0.4, 0.5) is 0 Å². The highest BCUT2D eigenvalue weighted by Crippen LogP contribution is 2.48. The summed E-state index contributed by atoms with van der Waals surface area (Å²) in [6.45, 7) is 3.41. The van der Waals surface area contributed by atoms with Crippen molar-refractivity contribution in [1.29, 1.82) is 0 Å². The van der Waals surface area contributed by atoms with E-state index in [9.17, 15) is 14.7 Å². The molecule has 0 spiro atoms. The number of nitrogens with one attached hydrogen (secondary N) is 1. The number of carboxylic acid groups (broad SMARTS) is 1. The molecule has 0 aliphatic rings. The number of benzene rings is 3. The van der Waals surface area contributed by atoms with Crippen LogP contribution in [-0.2, 0) is 14.3 Å². The van der Waals surface area contributed by atoms with E-state index < -0.39 is 22.7 Å². The van der Waals surface area contributed by atoms with Crippen LogP contribution in [-0.4, -0.2) is 28.8 Å². The van der Waals surface area contributed by atoms with Crippen molar-refractivity contribution < 1.29 is 14.7 Å². The van der Waals surface area contributed by atoms with Gasteiger partial charge in [0.2, 0.25) is 5.91 Å². The number of hydrogen-bond donors (Lipinski definition) is 2. The summed E-state index contributed by atoms with van der Waals surface area (Å²) in [4.78, 5) is 23.6. The van der Waals surface area contributed by atoms with Crippen molar-refractivity contribution in [3.05, 3.63) is 120 Å². The highest BCUT2D eigenvalue weighted by atomic mass is 32.2. The number of rotatable bonds is 9. The smallest absolute Gasteiger partial charge is 0.327 e. The molecule has 3 aromatic carbocycles. The standard InChI is InChI=1S/C25H23NO3S/c1-2-23(27)26-22(24(28)29)18-30-25(19-12-6-3-7-13-19,20-14-8-4-9-15-20)21-16-10-5-11-17-21/h2-17,22H,1,18H2,(H,26,27)(H,28,29)/t22-/m0/s1. The first-order valence-electron chi connectivity index (χ1n) is 9.54. The average molecular weight is 418 g/mol. The molecule has 3 aromatic rings. The summed E-state index contributed by atoms with van der Waals surface area (Å²) < 4.78 is -0.642. The van der Waals surface area contributed by atoms with Crippen molar-refractivity contribution in [3.63, 3.8) is 0 Å². The van der Waals surface area contributed by atoms with Gasteiger partial charge in [0.05, 0.1) is 4.75 Å². The van der Waals surface area contributed by atoms with Gasteiger partial charge in [0.15, 0.2) is 0 Å². The summed E-state index contributed by atoms with van der Waals surface area (Å²) in [6.07, 6.45) is 1.08. The lowest BCUT2D eigenvalue weighted by Gasteiger charge is -2.36. The van der Waals surface area contributed by atoms with E-state index in [2.05, 4.69) is 11.9 Å². The third kappa shape index (κ3) is 4.63. The minimum Gasteiger partial charge on any atom is -0.480 e. The number of carbonyl (C=O) groups excluding carboxylic acids is 1. The Morgan fingerprint density at radius 3 is 1.60 bits per heavy atom. The van der Waals surface area contributed by atoms with Crippen LogP contribution >= 0.6 is 11.8 Å². The monoisotopic (exact) mass is 417 g/mol. The third-order valence-corrected chi connectivity index (χ3v) is 6.45. The molecular formula is C25H23NO3S. The van der Waals surface area contributed by atoms with Gasteiger partial charge in [0.25, 0.3) is 0 Å². The topological polar surface area (TPSA) is 66.4 Å². The Morgan fingerprint density at radius 1 is 0.867 bits per heavy atom. The van der Waals surface area contributed by atoms with Crippen LogP contribution in [0.2, 0.25) is 0 Å². The maximum atomic E-state index is 11.8. The van der Waals surface area contributed by atoms with Gasteiger partial charge in [-0.25, -0.2) is 4.79 Å². The van der Waals surface area contributed by atoms with Crippen molar-refractivity contribution in [3.8, 4) is 0 Å².